The number of benzene rings is 2. The molecule has 0 fully saturated rings. The fourth-order valence-corrected chi connectivity index (χ4v) is 2.34. The lowest BCUT2D eigenvalue weighted by Gasteiger charge is -2.06. The van der Waals surface area contributed by atoms with E-state index < -0.39 is 6.10 Å². The van der Waals surface area contributed by atoms with Crippen molar-refractivity contribution >= 4 is 11.8 Å². The van der Waals surface area contributed by atoms with Crippen LogP contribution in [0.25, 0.3) is 0 Å². The van der Waals surface area contributed by atoms with E-state index in [1.807, 2.05) is 30.3 Å². The second-order valence-electron chi connectivity index (χ2n) is 3.80. The van der Waals surface area contributed by atoms with Gasteiger partial charge in [0.25, 0.3) is 0 Å². The van der Waals surface area contributed by atoms with Crippen molar-refractivity contribution in [3.8, 4) is 0 Å². The maximum atomic E-state index is 13.0. The third-order valence-electron chi connectivity index (χ3n) is 2.39. The zero-order valence-electron chi connectivity index (χ0n) is 9.43. The zero-order valence-corrected chi connectivity index (χ0v) is 10.2. The summed E-state index contributed by atoms with van der Waals surface area (Å²) in [5, 5.41) is 9.38. The van der Waals surface area contributed by atoms with Crippen molar-refractivity contribution in [2.24, 2.45) is 0 Å². The van der Waals surface area contributed by atoms with Crippen molar-refractivity contribution in [3.05, 3.63) is 59.9 Å². The molecule has 0 spiro atoms. The molecule has 2 aromatic carbocycles. The first-order chi connectivity index (χ1) is 8.15. The van der Waals surface area contributed by atoms with E-state index in [4.69, 9.17) is 0 Å². The molecule has 1 nitrogen and oxygen atoms in total. The first-order valence-corrected chi connectivity index (χ1v) is 6.18. The van der Waals surface area contributed by atoms with Gasteiger partial charge in [-0.15, -0.1) is 0 Å². The lowest BCUT2D eigenvalue weighted by Crippen LogP contribution is -1.89. The largest absolute Gasteiger partial charge is 0.389 e. The molecule has 0 amide bonds. The predicted octanol–water partition coefficient (Wildman–Crippen LogP) is 4.03. The van der Waals surface area contributed by atoms with Crippen molar-refractivity contribution in [2.75, 3.05) is 0 Å². The van der Waals surface area contributed by atoms with Crippen LogP contribution in [0.4, 0.5) is 4.39 Å². The maximum absolute atomic E-state index is 13.0. The summed E-state index contributed by atoms with van der Waals surface area (Å²) in [6, 6.07) is 14.1. The Balaban J connectivity index is 2.14. The Morgan fingerprint density at radius 1 is 1.06 bits per heavy atom. The van der Waals surface area contributed by atoms with Crippen LogP contribution in [0.15, 0.2) is 58.3 Å². The molecule has 0 unspecified atom stereocenters. The Hall–Kier alpha value is -1.32. The third-order valence-corrected chi connectivity index (χ3v) is 3.39. The van der Waals surface area contributed by atoms with Crippen LogP contribution in [0.3, 0.4) is 0 Å². The summed E-state index contributed by atoms with van der Waals surface area (Å²) in [6.07, 6.45) is -0.455. The topological polar surface area (TPSA) is 20.2 Å². The highest BCUT2D eigenvalue weighted by atomic mass is 32.2. The highest BCUT2D eigenvalue weighted by molar-refractivity contribution is 7.99. The standard InChI is InChI=1S/C14H13FOS/c1-10(16)11-5-7-13(8-6-11)17-14-4-2-3-12(15)9-14/h2-10,16H,1H3/t10-/m0/s1. The molecule has 0 bridgehead atoms. The van der Waals surface area contributed by atoms with Gasteiger partial charge in [0, 0.05) is 9.79 Å². The van der Waals surface area contributed by atoms with Gasteiger partial charge in [-0.3, -0.25) is 0 Å². The molecule has 1 atom stereocenters. The van der Waals surface area contributed by atoms with Crippen LogP contribution in [0, 0.1) is 5.82 Å². The normalized spacial score (nSPS) is 12.4. The maximum Gasteiger partial charge on any atom is 0.124 e. The molecule has 3 heteroatoms. The number of hydrogen-bond acceptors (Lipinski definition) is 2. The Morgan fingerprint density at radius 3 is 2.35 bits per heavy atom. The Labute approximate surface area is 104 Å². The van der Waals surface area contributed by atoms with E-state index in [2.05, 4.69) is 0 Å². The van der Waals surface area contributed by atoms with Crippen LogP contribution in [-0.2, 0) is 0 Å². The quantitative estimate of drug-likeness (QED) is 0.885. The fraction of sp³-hybridized carbons (Fsp3) is 0.143. The lowest BCUT2D eigenvalue weighted by atomic mass is 10.1. The van der Waals surface area contributed by atoms with Gasteiger partial charge >= 0.3 is 0 Å². The number of aliphatic hydroxyl groups is 1. The van der Waals surface area contributed by atoms with E-state index in [1.54, 1.807) is 13.0 Å². The zero-order chi connectivity index (χ0) is 12.3. The minimum Gasteiger partial charge on any atom is -0.389 e. The van der Waals surface area contributed by atoms with Crippen LogP contribution in [0.1, 0.15) is 18.6 Å². The molecular weight excluding hydrogens is 235 g/mol. The summed E-state index contributed by atoms with van der Waals surface area (Å²) in [5.41, 5.74) is 0.883. The first kappa shape index (κ1) is 12.1. The van der Waals surface area contributed by atoms with E-state index in [0.29, 0.717) is 0 Å². The van der Waals surface area contributed by atoms with Crippen molar-refractivity contribution in [1.82, 2.24) is 0 Å². The molecule has 88 valence electrons. The van der Waals surface area contributed by atoms with E-state index in [0.717, 1.165) is 15.4 Å². The summed E-state index contributed by atoms with van der Waals surface area (Å²) < 4.78 is 13.0. The Morgan fingerprint density at radius 2 is 1.76 bits per heavy atom. The molecule has 0 radical (unpaired) electrons. The first-order valence-electron chi connectivity index (χ1n) is 5.36. The number of halogens is 1. The minimum absolute atomic E-state index is 0.226. The van der Waals surface area contributed by atoms with Crippen molar-refractivity contribution in [2.45, 2.75) is 22.8 Å². The predicted molar refractivity (Wildman–Crippen MR) is 67.6 cm³/mol. The highest BCUT2D eigenvalue weighted by Crippen LogP contribution is 2.28. The molecule has 0 aliphatic carbocycles. The second kappa shape index (κ2) is 5.34. The molecule has 2 aromatic rings. The fourth-order valence-electron chi connectivity index (χ4n) is 1.48. The Bertz CT molecular complexity index is 494. The van der Waals surface area contributed by atoms with E-state index in [1.165, 1.54) is 23.9 Å². The molecule has 0 saturated carbocycles. The lowest BCUT2D eigenvalue weighted by molar-refractivity contribution is 0.199. The smallest absolute Gasteiger partial charge is 0.124 e. The number of aliphatic hydroxyl groups excluding tert-OH is 1. The molecule has 0 saturated heterocycles. The van der Waals surface area contributed by atoms with Gasteiger partial charge in [0.05, 0.1) is 6.10 Å². The Kier molecular flexibility index (Phi) is 3.82. The van der Waals surface area contributed by atoms with Gasteiger partial charge in [-0.1, -0.05) is 30.0 Å². The van der Waals surface area contributed by atoms with Crippen LogP contribution >= 0.6 is 11.8 Å². The van der Waals surface area contributed by atoms with Crippen LogP contribution < -0.4 is 0 Å². The summed E-state index contributed by atoms with van der Waals surface area (Å²) in [6.45, 7) is 1.73. The average molecular weight is 248 g/mol. The van der Waals surface area contributed by atoms with Gasteiger partial charge in [0.15, 0.2) is 0 Å². The van der Waals surface area contributed by atoms with Gasteiger partial charge in [-0.05, 0) is 42.8 Å². The van der Waals surface area contributed by atoms with Crippen LogP contribution in [-0.4, -0.2) is 5.11 Å². The summed E-state index contributed by atoms with van der Waals surface area (Å²) >= 11 is 1.50. The third kappa shape index (κ3) is 3.32. The van der Waals surface area contributed by atoms with Gasteiger partial charge in [0.2, 0.25) is 0 Å². The van der Waals surface area contributed by atoms with E-state index in [-0.39, 0.29) is 5.82 Å². The van der Waals surface area contributed by atoms with Gasteiger partial charge in [0.1, 0.15) is 5.82 Å². The minimum atomic E-state index is -0.455. The number of rotatable bonds is 3. The van der Waals surface area contributed by atoms with Gasteiger partial charge in [-0.2, -0.15) is 0 Å². The van der Waals surface area contributed by atoms with E-state index in [9.17, 15) is 9.50 Å². The second-order valence-corrected chi connectivity index (χ2v) is 4.95. The molecule has 0 aliphatic heterocycles. The van der Waals surface area contributed by atoms with Crippen molar-refractivity contribution in [1.29, 1.82) is 0 Å². The summed E-state index contributed by atoms with van der Waals surface area (Å²) in [5.74, 6) is -0.226. The van der Waals surface area contributed by atoms with Gasteiger partial charge in [-0.25, -0.2) is 4.39 Å². The van der Waals surface area contributed by atoms with Crippen LogP contribution in [0.2, 0.25) is 0 Å². The van der Waals surface area contributed by atoms with Gasteiger partial charge < -0.3 is 5.11 Å². The molecule has 0 heterocycles. The molecule has 0 aromatic heterocycles. The monoisotopic (exact) mass is 248 g/mol. The van der Waals surface area contributed by atoms with Crippen molar-refractivity contribution in [3.63, 3.8) is 0 Å². The SMILES string of the molecule is C[C@H](O)c1ccc(Sc2cccc(F)c2)cc1. The molecule has 2 rings (SSSR count). The highest BCUT2D eigenvalue weighted by Gasteiger charge is 2.02. The number of hydrogen-bond donors (Lipinski definition) is 1. The summed E-state index contributed by atoms with van der Waals surface area (Å²) in [7, 11) is 0. The molecule has 17 heavy (non-hydrogen) atoms. The molecule has 0 aliphatic rings. The summed E-state index contributed by atoms with van der Waals surface area (Å²) in [4.78, 5) is 1.90. The van der Waals surface area contributed by atoms with Crippen molar-refractivity contribution < 1.29 is 9.50 Å². The molecule has 1 N–H and O–H groups in total. The molecular formula is C14H13FOS. The van der Waals surface area contributed by atoms with Crippen LogP contribution in [0.5, 0.6) is 0 Å². The average Bonchev–Trinajstić information content (AvgIpc) is 2.29. The van der Waals surface area contributed by atoms with E-state index >= 15 is 0 Å².